The summed E-state index contributed by atoms with van der Waals surface area (Å²) in [6.45, 7) is 4.92. The second-order valence-electron chi connectivity index (χ2n) is 5.91. The van der Waals surface area contributed by atoms with Gasteiger partial charge in [-0.3, -0.25) is 10.1 Å². The van der Waals surface area contributed by atoms with Gasteiger partial charge in [0.05, 0.1) is 18.9 Å². The molecule has 0 aliphatic rings. The van der Waals surface area contributed by atoms with Crippen molar-refractivity contribution in [3.8, 4) is 22.8 Å². The van der Waals surface area contributed by atoms with Crippen molar-refractivity contribution < 1.29 is 14.3 Å². The minimum absolute atomic E-state index is 0.267. The van der Waals surface area contributed by atoms with Crippen molar-refractivity contribution in [1.29, 1.82) is 0 Å². The summed E-state index contributed by atoms with van der Waals surface area (Å²) in [5, 5.41) is 5.77. The minimum Gasteiger partial charge on any atom is -0.490 e. The molecule has 3 rings (SSSR count). The minimum atomic E-state index is -0.267. The summed E-state index contributed by atoms with van der Waals surface area (Å²) in [5.74, 6) is 1.07. The summed E-state index contributed by atoms with van der Waals surface area (Å²) < 4.78 is 11.2. The molecule has 0 unspecified atom stereocenters. The largest absolute Gasteiger partial charge is 0.490 e. The number of nitrogens with one attached hydrogen (secondary N) is 1. The predicted molar refractivity (Wildman–Crippen MR) is 119 cm³/mol. The molecule has 1 amide bonds. The first-order chi connectivity index (χ1) is 14.1. The monoisotopic (exact) mass is 428 g/mol. The van der Waals surface area contributed by atoms with Crippen LogP contribution in [-0.2, 0) is 4.79 Å². The average Bonchev–Trinajstić information content (AvgIpc) is 3.17. The van der Waals surface area contributed by atoms with E-state index in [9.17, 15) is 4.79 Å². The van der Waals surface area contributed by atoms with E-state index in [1.165, 1.54) is 17.4 Å². The van der Waals surface area contributed by atoms with Gasteiger partial charge in [-0.25, -0.2) is 4.98 Å². The Morgan fingerprint density at radius 1 is 1.14 bits per heavy atom. The molecule has 0 aliphatic carbocycles. The fourth-order valence-corrected chi connectivity index (χ4v) is 3.56. The highest BCUT2D eigenvalue weighted by molar-refractivity contribution is 7.14. The van der Waals surface area contributed by atoms with Crippen LogP contribution in [0.1, 0.15) is 19.4 Å². The molecule has 0 spiro atoms. The van der Waals surface area contributed by atoms with Gasteiger partial charge in [0.1, 0.15) is 0 Å². The molecule has 3 aromatic rings. The maximum absolute atomic E-state index is 12.3. The summed E-state index contributed by atoms with van der Waals surface area (Å²) >= 11 is 7.55. The van der Waals surface area contributed by atoms with Crippen molar-refractivity contribution in [3.05, 3.63) is 64.5 Å². The van der Waals surface area contributed by atoms with E-state index in [0.717, 1.165) is 16.8 Å². The molecule has 0 bridgehead atoms. The second-order valence-corrected chi connectivity index (χ2v) is 7.18. The van der Waals surface area contributed by atoms with Crippen LogP contribution >= 0.6 is 22.9 Å². The summed E-state index contributed by atoms with van der Waals surface area (Å²) in [5.41, 5.74) is 2.40. The normalized spacial score (nSPS) is 10.9. The van der Waals surface area contributed by atoms with Crippen molar-refractivity contribution in [3.63, 3.8) is 0 Å². The second kappa shape index (κ2) is 10.1. The van der Waals surface area contributed by atoms with Gasteiger partial charge in [-0.15, -0.1) is 11.3 Å². The first kappa shape index (κ1) is 20.9. The standard InChI is InChI=1S/C22H21ClN2O3S/c1-3-27-19-11-9-15(13-20(19)28-4-2)10-12-21(26)25-22-24-18(14-29-22)16-7-5-6-8-17(16)23/h5-14H,3-4H2,1-2H3,(H,24,25,26). The summed E-state index contributed by atoms with van der Waals surface area (Å²) in [6.07, 6.45) is 3.18. The highest BCUT2D eigenvalue weighted by Crippen LogP contribution is 2.31. The van der Waals surface area contributed by atoms with Gasteiger partial charge >= 0.3 is 0 Å². The Hall–Kier alpha value is -2.83. The number of anilines is 1. The third kappa shape index (κ3) is 5.59. The first-order valence-corrected chi connectivity index (χ1v) is 10.5. The first-order valence-electron chi connectivity index (χ1n) is 9.19. The van der Waals surface area contributed by atoms with Crippen LogP contribution in [0, 0.1) is 0 Å². The highest BCUT2D eigenvalue weighted by Gasteiger charge is 2.09. The Kier molecular flexibility index (Phi) is 7.27. The Morgan fingerprint density at radius 3 is 2.66 bits per heavy atom. The Balaban J connectivity index is 1.67. The van der Waals surface area contributed by atoms with Crippen LogP contribution in [0.3, 0.4) is 0 Å². The van der Waals surface area contributed by atoms with E-state index in [1.807, 2.05) is 61.7 Å². The lowest BCUT2D eigenvalue weighted by Gasteiger charge is -2.11. The molecule has 150 valence electrons. The molecule has 1 heterocycles. The number of amides is 1. The molecule has 7 heteroatoms. The fourth-order valence-electron chi connectivity index (χ4n) is 2.61. The van der Waals surface area contributed by atoms with Gasteiger partial charge in [0.15, 0.2) is 16.6 Å². The maximum Gasteiger partial charge on any atom is 0.250 e. The van der Waals surface area contributed by atoms with Gasteiger partial charge in [0.2, 0.25) is 5.91 Å². The Morgan fingerprint density at radius 2 is 1.90 bits per heavy atom. The molecule has 0 saturated heterocycles. The number of carbonyl (C=O) groups is 1. The van der Waals surface area contributed by atoms with Crippen LogP contribution in [0.2, 0.25) is 5.02 Å². The van der Waals surface area contributed by atoms with Gasteiger partial charge < -0.3 is 9.47 Å². The van der Waals surface area contributed by atoms with Gasteiger partial charge in [0, 0.05) is 22.0 Å². The number of hydrogen-bond donors (Lipinski definition) is 1. The molecule has 5 nitrogen and oxygen atoms in total. The van der Waals surface area contributed by atoms with Crippen LogP contribution in [-0.4, -0.2) is 24.1 Å². The van der Waals surface area contributed by atoms with E-state index in [4.69, 9.17) is 21.1 Å². The highest BCUT2D eigenvalue weighted by atomic mass is 35.5. The predicted octanol–water partition coefficient (Wildman–Crippen LogP) is 5.91. The molecule has 0 radical (unpaired) electrons. The van der Waals surface area contributed by atoms with Crippen LogP contribution in [0.4, 0.5) is 5.13 Å². The molecule has 0 aliphatic heterocycles. The SMILES string of the molecule is CCOc1ccc(C=CC(=O)Nc2nc(-c3ccccc3Cl)cs2)cc1OCC. The molecule has 1 N–H and O–H groups in total. The lowest BCUT2D eigenvalue weighted by atomic mass is 10.2. The number of nitrogens with zero attached hydrogens (tertiary/aromatic N) is 1. The smallest absolute Gasteiger partial charge is 0.250 e. The zero-order chi connectivity index (χ0) is 20.6. The summed E-state index contributed by atoms with van der Waals surface area (Å²) in [7, 11) is 0. The van der Waals surface area contributed by atoms with E-state index in [1.54, 1.807) is 6.08 Å². The van der Waals surface area contributed by atoms with Crippen molar-refractivity contribution >= 4 is 40.1 Å². The number of benzene rings is 2. The van der Waals surface area contributed by atoms with Gasteiger partial charge in [-0.2, -0.15) is 0 Å². The topological polar surface area (TPSA) is 60.5 Å². The third-order valence-electron chi connectivity index (χ3n) is 3.88. The molecular weight excluding hydrogens is 408 g/mol. The zero-order valence-corrected chi connectivity index (χ0v) is 17.7. The average molecular weight is 429 g/mol. The van der Waals surface area contributed by atoms with Crippen LogP contribution < -0.4 is 14.8 Å². The van der Waals surface area contributed by atoms with E-state index in [-0.39, 0.29) is 5.91 Å². The summed E-state index contributed by atoms with van der Waals surface area (Å²) in [4.78, 5) is 16.7. The Labute approximate surface area is 179 Å². The van der Waals surface area contributed by atoms with Crippen molar-refractivity contribution in [2.45, 2.75) is 13.8 Å². The van der Waals surface area contributed by atoms with Crippen LogP contribution in [0.15, 0.2) is 53.9 Å². The maximum atomic E-state index is 12.3. The van der Waals surface area contributed by atoms with E-state index < -0.39 is 0 Å². The van der Waals surface area contributed by atoms with E-state index in [2.05, 4.69) is 10.3 Å². The third-order valence-corrected chi connectivity index (χ3v) is 4.97. The lowest BCUT2D eigenvalue weighted by Crippen LogP contribution is -2.07. The molecule has 2 aromatic carbocycles. The van der Waals surface area contributed by atoms with Crippen molar-refractivity contribution in [1.82, 2.24) is 4.98 Å². The molecule has 0 fully saturated rings. The van der Waals surface area contributed by atoms with Crippen molar-refractivity contribution in [2.24, 2.45) is 0 Å². The van der Waals surface area contributed by atoms with E-state index in [0.29, 0.717) is 34.9 Å². The number of carbonyl (C=O) groups excluding carboxylic acids is 1. The molecule has 1 aromatic heterocycles. The van der Waals surface area contributed by atoms with Gasteiger partial charge in [0.25, 0.3) is 0 Å². The van der Waals surface area contributed by atoms with Crippen LogP contribution in [0.25, 0.3) is 17.3 Å². The molecule has 0 atom stereocenters. The summed E-state index contributed by atoms with van der Waals surface area (Å²) in [6, 6.07) is 13.0. The molecule has 0 saturated carbocycles. The number of halogens is 1. The Bertz CT molecular complexity index is 1020. The van der Waals surface area contributed by atoms with Crippen molar-refractivity contribution in [2.75, 3.05) is 18.5 Å². The molecular formula is C22H21ClN2O3S. The number of rotatable bonds is 8. The zero-order valence-electron chi connectivity index (χ0n) is 16.1. The van der Waals surface area contributed by atoms with Gasteiger partial charge in [-0.05, 0) is 43.7 Å². The quantitative estimate of drug-likeness (QED) is 0.453. The van der Waals surface area contributed by atoms with E-state index >= 15 is 0 Å². The number of thiazole rings is 1. The number of hydrogen-bond acceptors (Lipinski definition) is 5. The number of aromatic nitrogens is 1. The fraction of sp³-hybridized carbons (Fsp3) is 0.182. The van der Waals surface area contributed by atoms with Gasteiger partial charge in [-0.1, -0.05) is 35.9 Å². The lowest BCUT2D eigenvalue weighted by molar-refractivity contribution is -0.111. The molecule has 29 heavy (non-hydrogen) atoms. The number of ether oxygens (including phenoxy) is 2. The van der Waals surface area contributed by atoms with Crippen LogP contribution in [0.5, 0.6) is 11.5 Å².